The quantitative estimate of drug-likeness (QED) is 0.784. The number of aliphatic carboxylic acids is 1. The zero-order valence-electron chi connectivity index (χ0n) is 12.5. The minimum atomic E-state index is -2.64. The number of carboxylic acids is 1. The van der Waals surface area contributed by atoms with E-state index in [9.17, 15) is 14.2 Å². The molecule has 1 aromatic rings. The van der Waals surface area contributed by atoms with E-state index in [2.05, 4.69) is 5.32 Å². The van der Waals surface area contributed by atoms with Gasteiger partial charge in [0.25, 0.3) is 0 Å². The second-order valence-corrected chi connectivity index (χ2v) is 7.93. The molecule has 116 valence electrons. The van der Waals surface area contributed by atoms with Gasteiger partial charge in [-0.05, 0) is 24.1 Å². The van der Waals surface area contributed by atoms with Gasteiger partial charge in [-0.15, -0.1) is 0 Å². The van der Waals surface area contributed by atoms with Crippen molar-refractivity contribution in [2.75, 3.05) is 13.3 Å². The SMILES string of the molecule is CC(=O)NC(Cc1ccc(OP(C)(C)=O)c(C)c1)C(=O)O. The van der Waals surface area contributed by atoms with Crippen LogP contribution in [-0.4, -0.2) is 36.4 Å². The van der Waals surface area contributed by atoms with Crippen LogP contribution in [0.5, 0.6) is 5.75 Å². The Morgan fingerprint density at radius 3 is 2.43 bits per heavy atom. The second kappa shape index (κ2) is 6.76. The van der Waals surface area contributed by atoms with Crippen LogP contribution in [-0.2, 0) is 20.6 Å². The van der Waals surface area contributed by atoms with Crippen LogP contribution in [0.15, 0.2) is 18.2 Å². The van der Waals surface area contributed by atoms with Crippen molar-refractivity contribution < 1.29 is 23.8 Å². The molecule has 0 aliphatic carbocycles. The summed E-state index contributed by atoms with van der Waals surface area (Å²) in [5.41, 5.74) is 1.52. The third-order valence-corrected chi connectivity index (χ3v) is 3.31. The van der Waals surface area contributed by atoms with Gasteiger partial charge in [-0.2, -0.15) is 0 Å². The average molecular weight is 313 g/mol. The molecule has 0 saturated heterocycles. The van der Waals surface area contributed by atoms with Gasteiger partial charge < -0.3 is 14.9 Å². The van der Waals surface area contributed by atoms with Crippen LogP contribution in [0.1, 0.15) is 18.1 Å². The minimum Gasteiger partial charge on any atom is -0.480 e. The lowest BCUT2D eigenvalue weighted by Gasteiger charge is -2.16. The van der Waals surface area contributed by atoms with Crippen molar-refractivity contribution in [1.82, 2.24) is 5.32 Å². The molecule has 0 aliphatic heterocycles. The Labute approximate surface area is 124 Å². The largest absolute Gasteiger partial charge is 0.480 e. The van der Waals surface area contributed by atoms with E-state index in [1.807, 2.05) is 0 Å². The van der Waals surface area contributed by atoms with Gasteiger partial charge in [0, 0.05) is 26.7 Å². The Balaban J connectivity index is 2.90. The summed E-state index contributed by atoms with van der Waals surface area (Å²) in [6.07, 6.45) is 0.173. The molecule has 0 spiro atoms. The molecular formula is C14H20NO5P. The van der Waals surface area contributed by atoms with Crippen LogP contribution in [0, 0.1) is 6.92 Å². The van der Waals surface area contributed by atoms with Crippen molar-refractivity contribution in [1.29, 1.82) is 0 Å². The maximum Gasteiger partial charge on any atom is 0.326 e. The number of carbonyl (C=O) groups excluding carboxylic acids is 1. The Bertz CT molecular complexity index is 593. The van der Waals surface area contributed by atoms with Crippen molar-refractivity contribution in [3.8, 4) is 5.75 Å². The number of amides is 1. The highest BCUT2D eigenvalue weighted by Gasteiger charge is 2.19. The number of carbonyl (C=O) groups is 2. The highest BCUT2D eigenvalue weighted by molar-refractivity contribution is 7.57. The maximum atomic E-state index is 11.7. The van der Waals surface area contributed by atoms with Crippen LogP contribution < -0.4 is 9.84 Å². The molecule has 1 amide bonds. The Kier molecular flexibility index (Phi) is 5.55. The third kappa shape index (κ3) is 6.00. The molecule has 0 fully saturated rings. The first kappa shape index (κ1) is 17.2. The van der Waals surface area contributed by atoms with Crippen molar-refractivity contribution in [2.45, 2.75) is 26.3 Å². The molecule has 1 atom stereocenters. The summed E-state index contributed by atoms with van der Waals surface area (Å²) < 4.78 is 17.0. The first-order valence-electron chi connectivity index (χ1n) is 6.42. The molecule has 1 unspecified atom stereocenters. The first-order valence-corrected chi connectivity index (χ1v) is 8.94. The average Bonchev–Trinajstić information content (AvgIpc) is 2.29. The summed E-state index contributed by atoms with van der Waals surface area (Å²) in [6, 6.07) is 4.16. The van der Waals surface area contributed by atoms with Gasteiger partial charge in [-0.3, -0.25) is 9.36 Å². The Morgan fingerprint density at radius 2 is 2.00 bits per heavy atom. The molecule has 0 saturated carbocycles. The number of nitrogens with one attached hydrogen (secondary N) is 1. The van der Waals surface area contributed by atoms with E-state index in [-0.39, 0.29) is 6.42 Å². The van der Waals surface area contributed by atoms with Crippen molar-refractivity contribution in [2.24, 2.45) is 0 Å². The molecule has 7 heteroatoms. The monoisotopic (exact) mass is 313 g/mol. The lowest BCUT2D eigenvalue weighted by molar-refractivity contribution is -0.141. The van der Waals surface area contributed by atoms with Crippen molar-refractivity contribution >= 4 is 19.2 Å². The molecule has 0 aromatic heterocycles. The van der Waals surface area contributed by atoms with Gasteiger partial charge in [-0.1, -0.05) is 12.1 Å². The number of hydrogen-bond acceptors (Lipinski definition) is 4. The summed E-state index contributed by atoms with van der Waals surface area (Å²) in [4.78, 5) is 22.1. The molecule has 0 heterocycles. The van der Waals surface area contributed by atoms with Gasteiger partial charge in [0.05, 0.1) is 0 Å². The number of benzene rings is 1. The summed E-state index contributed by atoms with van der Waals surface area (Å²) >= 11 is 0. The van der Waals surface area contributed by atoms with Crippen molar-refractivity contribution in [3.63, 3.8) is 0 Å². The standard InChI is InChI=1S/C14H20NO5P/c1-9-7-11(5-6-13(9)20-21(3,4)19)8-12(14(17)18)15-10(2)16/h5-7,12H,8H2,1-4H3,(H,15,16)(H,17,18). The van der Waals surface area contributed by atoms with E-state index in [1.165, 1.54) is 20.3 Å². The van der Waals surface area contributed by atoms with Gasteiger partial charge >= 0.3 is 5.97 Å². The summed E-state index contributed by atoms with van der Waals surface area (Å²) in [7, 11) is -2.64. The van der Waals surface area contributed by atoms with E-state index in [4.69, 9.17) is 9.63 Å². The van der Waals surface area contributed by atoms with Crippen LogP contribution in [0.4, 0.5) is 0 Å². The summed E-state index contributed by atoms with van der Waals surface area (Å²) in [5.74, 6) is -0.967. The van der Waals surface area contributed by atoms with E-state index in [0.29, 0.717) is 5.75 Å². The number of aryl methyl sites for hydroxylation is 1. The molecule has 2 N–H and O–H groups in total. The predicted molar refractivity (Wildman–Crippen MR) is 80.2 cm³/mol. The smallest absolute Gasteiger partial charge is 0.326 e. The van der Waals surface area contributed by atoms with E-state index < -0.39 is 25.3 Å². The number of rotatable bonds is 6. The molecule has 1 aromatic carbocycles. The molecule has 1 rings (SSSR count). The fraction of sp³-hybridized carbons (Fsp3) is 0.429. The van der Waals surface area contributed by atoms with E-state index >= 15 is 0 Å². The van der Waals surface area contributed by atoms with E-state index in [0.717, 1.165) is 11.1 Å². The first-order chi connectivity index (χ1) is 9.58. The normalized spacial score (nSPS) is 12.6. The highest BCUT2D eigenvalue weighted by atomic mass is 31.2. The van der Waals surface area contributed by atoms with Gasteiger partial charge in [0.2, 0.25) is 13.3 Å². The lowest BCUT2D eigenvalue weighted by Crippen LogP contribution is -2.41. The summed E-state index contributed by atoms with van der Waals surface area (Å²) in [6.45, 7) is 6.12. The third-order valence-electron chi connectivity index (χ3n) is 2.67. The van der Waals surface area contributed by atoms with Crippen LogP contribution in [0.2, 0.25) is 0 Å². The fourth-order valence-corrected chi connectivity index (χ4v) is 2.54. The fourth-order valence-electron chi connectivity index (χ4n) is 1.86. The van der Waals surface area contributed by atoms with Crippen molar-refractivity contribution in [3.05, 3.63) is 29.3 Å². The molecule has 0 radical (unpaired) electrons. The topological polar surface area (TPSA) is 92.7 Å². The highest BCUT2D eigenvalue weighted by Crippen LogP contribution is 2.40. The zero-order chi connectivity index (χ0) is 16.2. The lowest BCUT2D eigenvalue weighted by atomic mass is 10.0. The molecule has 0 bridgehead atoms. The Hall–Kier alpha value is -1.81. The molecule has 21 heavy (non-hydrogen) atoms. The van der Waals surface area contributed by atoms with Crippen LogP contribution >= 0.6 is 7.37 Å². The van der Waals surface area contributed by atoms with Crippen LogP contribution in [0.3, 0.4) is 0 Å². The van der Waals surface area contributed by atoms with E-state index in [1.54, 1.807) is 25.1 Å². The number of carboxylic acid groups (broad SMARTS) is 1. The van der Waals surface area contributed by atoms with Gasteiger partial charge in [-0.25, -0.2) is 4.79 Å². The zero-order valence-corrected chi connectivity index (χ0v) is 13.4. The van der Waals surface area contributed by atoms with Gasteiger partial charge in [0.1, 0.15) is 11.8 Å². The second-order valence-electron chi connectivity index (χ2n) is 5.24. The maximum absolute atomic E-state index is 11.7. The number of hydrogen-bond donors (Lipinski definition) is 2. The summed E-state index contributed by atoms with van der Waals surface area (Å²) in [5, 5.41) is 11.5. The molecule has 0 aliphatic rings. The molecular weight excluding hydrogens is 293 g/mol. The predicted octanol–water partition coefficient (Wildman–Crippen LogP) is 2.04. The Morgan fingerprint density at radius 1 is 1.38 bits per heavy atom. The minimum absolute atomic E-state index is 0.173. The molecule has 6 nitrogen and oxygen atoms in total. The van der Waals surface area contributed by atoms with Crippen LogP contribution in [0.25, 0.3) is 0 Å². The van der Waals surface area contributed by atoms with Gasteiger partial charge in [0.15, 0.2) is 0 Å².